The highest BCUT2D eigenvalue weighted by molar-refractivity contribution is 5.86. The molecule has 0 aliphatic carbocycles. The van der Waals surface area contributed by atoms with Gasteiger partial charge in [-0.3, -0.25) is 4.79 Å². The molecule has 0 radical (unpaired) electrons. The van der Waals surface area contributed by atoms with Gasteiger partial charge in [0.25, 0.3) is 0 Å². The van der Waals surface area contributed by atoms with Crippen LogP contribution in [-0.2, 0) is 4.79 Å². The first kappa shape index (κ1) is 15.2. The molecule has 3 heteroatoms. The van der Waals surface area contributed by atoms with Crippen LogP contribution in [0.5, 0.6) is 0 Å². The Bertz CT molecular complexity index is 262. The molecule has 0 aromatic heterocycles. The van der Waals surface area contributed by atoms with Gasteiger partial charge in [-0.15, -0.1) is 0 Å². The molecule has 0 spiro atoms. The Morgan fingerprint density at radius 1 is 1.44 bits per heavy atom. The maximum Gasteiger partial charge on any atom is 0.229 e. The standard InChI is InChI=1S/C13H26N2O/c1-7-8-10(4)13(9(2)3,11(14)16)12(5,6)15/h10H,2,7-8,15H2,1,3-6H3,(H2,14,16). The lowest BCUT2D eigenvalue weighted by Gasteiger charge is -2.47. The van der Waals surface area contributed by atoms with E-state index in [1.54, 1.807) is 0 Å². The zero-order chi connectivity index (χ0) is 13.1. The van der Waals surface area contributed by atoms with Gasteiger partial charge in [-0.1, -0.05) is 32.4 Å². The Morgan fingerprint density at radius 2 is 1.88 bits per heavy atom. The summed E-state index contributed by atoms with van der Waals surface area (Å²) in [6, 6.07) is 0. The van der Waals surface area contributed by atoms with Crippen molar-refractivity contribution in [2.45, 2.75) is 53.0 Å². The van der Waals surface area contributed by atoms with Crippen LogP contribution in [0.25, 0.3) is 0 Å². The van der Waals surface area contributed by atoms with Crippen molar-refractivity contribution in [2.24, 2.45) is 22.8 Å². The Morgan fingerprint density at radius 3 is 2.06 bits per heavy atom. The predicted molar refractivity (Wildman–Crippen MR) is 68.8 cm³/mol. The first-order valence-electron chi connectivity index (χ1n) is 5.87. The van der Waals surface area contributed by atoms with E-state index in [9.17, 15) is 4.79 Å². The molecule has 94 valence electrons. The molecule has 0 aromatic carbocycles. The van der Waals surface area contributed by atoms with Gasteiger partial charge in [0, 0.05) is 5.54 Å². The fourth-order valence-corrected chi connectivity index (χ4v) is 3.03. The monoisotopic (exact) mass is 226 g/mol. The van der Waals surface area contributed by atoms with Gasteiger partial charge in [0.05, 0.1) is 5.41 Å². The summed E-state index contributed by atoms with van der Waals surface area (Å²) in [6.45, 7) is 13.6. The number of nitrogens with two attached hydrogens (primary N) is 2. The van der Waals surface area contributed by atoms with Crippen LogP contribution in [0.3, 0.4) is 0 Å². The predicted octanol–water partition coefficient (Wildman–Crippen LogP) is 2.21. The molecule has 0 aliphatic rings. The molecule has 0 aliphatic heterocycles. The normalized spacial score (nSPS) is 17.6. The minimum atomic E-state index is -0.830. The molecule has 2 unspecified atom stereocenters. The van der Waals surface area contributed by atoms with Crippen molar-refractivity contribution in [3.05, 3.63) is 12.2 Å². The van der Waals surface area contributed by atoms with E-state index >= 15 is 0 Å². The molecule has 1 amide bonds. The quantitative estimate of drug-likeness (QED) is 0.682. The van der Waals surface area contributed by atoms with E-state index in [0.717, 1.165) is 18.4 Å². The van der Waals surface area contributed by atoms with Gasteiger partial charge >= 0.3 is 0 Å². The summed E-state index contributed by atoms with van der Waals surface area (Å²) in [4.78, 5) is 11.9. The van der Waals surface area contributed by atoms with Crippen LogP contribution in [0.2, 0.25) is 0 Å². The summed E-state index contributed by atoms with van der Waals surface area (Å²) in [5.41, 5.74) is 11.0. The van der Waals surface area contributed by atoms with E-state index in [1.165, 1.54) is 0 Å². The smallest absolute Gasteiger partial charge is 0.229 e. The second-order valence-electron chi connectivity index (χ2n) is 5.36. The van der Waals surface area contributed by atoms with Crippen LogP contribution in [-0.4, -0.2) is 11.4 Å². The molecule has 0 heterocycles. The summed E-state index contributed by atoms with van der Waals surface area (Å²) in [5, 5.41) is 0. The van der Waals surface area contributed by atoms with E-state index in [1.807, 2.05) is 27.7 Å². The van der Waals surface area contributed by atoms with Gasteiger partial charge < -0.3 is 11.5 Å². The summed E-state index contributed by atoms with van der Waals surface area (Å²) in [6.07, 6.45) is 1.91. The average molecular weight is 226 g/mol. The van der Waals surface area contributed by atoms with Crippen LogP contribution in [0, 0.1) is 11.3 Å². The number of hydrogen-bond acceptors (Lipinski definition) is 2. The molecule has 4 N–H and O–H groups in total. The molecule has 0 rings (SSSR count). The first-order valence-corrected chi connectivity index (χ1v) is 5.87. The Balaban J connectivity index is 5.64. The highest BCUT2D eigenvalue weighted by Crippen LogP contribution is 2.44. The van der Waals surface area contributed by atoms with Crippen LogP contribution < -0.4 is 11.5 Å². The molecular formula is C13H26N2O. The third-order valence-electron chi connectivity index (χ3n) is 3.54. The molecular weight excluding hydrogens is 200 g/mol. The van der Waals surface area contributed by atoms with Gasteiger partial charge in [-0.25, -0.2) is 0 Å². The molecule has 3 nitrogen and oxygen atoms in total. The maximum absolute atomic E-state index is 11.9. The van der Waals surface area contributed by atoms with Crippen LogP contribution in [0.1, 0.15) is 47.5 Å². The second kappa shape index (κ2) is 5.00. The first-order chi connectivity index (χ1) is 7.12. The Labute approximate surface area is 99.3 Å². The highest BCUT2D eigenvalue weighted by Gasteiger charge is 2.52. The number of rotatable bonds is 6. The van der Waals surface area contributed by atoms with E-state index < -0.39 is 11.0 Å². The van der Waals surface area contributed by atoms with E-state index in [-0.39, 0.29) is 11.8 Å². The largest absolute Gasteiger partial charge is 0.369 e. The molecule has 0 fully saturated rings. The number of amides is 1. The summed E-state index contributed by atoms with van der Waals surface area (Å²) < 4.78 is 0. The molecule has 0 aromatic rings. The Kier molecular flexibility index (Phi) is 4.74. The van der Waals surface area contributed by atoms with Crippen molar-refractivity contribution in [3.8, 4) is 0 Å². The number of primary amides is 1. The molecule has 2 atom stereocenters. The van der Waals surface area contributed by atoms with Crippen molar-refractivity contribution in [2.75, 3.05) is 0 Å². The zero-order valence-electron chi connectivity index (χ0n) is 11.3. The van der Waals surface area contributed by atoms with E-state index in [0.29, 0.717) is 0 Å². The summed E-state index contributed by atoms with van der Waals surface area (Å²) in [5.74, 6) is -0.263. The second-order valence-corrected chi connectivity index (χ2v) is 5.36. The number of carbonyl (C=O) groups is 1. The van der Waals surface area contributed by atoms with Crippen molar-refractivity contribution in [3.63, 3.8) is 0 Å². The minimum Gasteiger partial charge on any atom is -0.369 e. The number of carbonyl (C=O) groups excluding carboxylic acids is 1. The fourth-order valence-electron chi connectivity index (χ4n) is 3.03. The van der Waals surface area contributed by atoms with Gasteiger partial charge in [-0.05, 0) is 33.1 Å². The Hall–Kier alpha value is -0.830. The zero-order valence-corrected chi connectivity index (χ0v) is 11.3. The SMILES string of the molecule is C=C(C)C(C(N)=O)(C(C)CCC)C(C)(C)N. The van der Waals surface area contributed by atoms with Gasteiger partial charge in [0.2, 0.25) is 5.91 Å². The molecule has 0 saturated carbocycles. The van der Waals surface area contributed by atoms with Gasteiger partial charge in [0.15, 0.2) is 0 Å². The average Bonchev–Trinajstić information content (AvgIpc) is 2.00. The lowest BCUT2D eigenvalue weighted by atomic mass is 9.59. The van der Waals surface area contributed by atoms with Crippen LogP contribution in [0.15, 0.2) is 12.2 Å². The van der Waals surface area contributed by atoms with Crippen LogP contribution in [0.4, 0.5) is 0 Å². The van der Waals surface area contributed by atoms with Crippen molar-refractivity contribution >= 4 is 5.91 Å². The third kappa shape index (κ3) is 2.29. The van der Waals surface area contributed by atoms with Crippen molar-refractivity contribution < 1.29 is 4.79 Å². The minimum absolute atomic E-state index is 0.104. The fraction of sp³-hybridized carbons (Fsp3) is 0.769. The lowest BCUT2D eigenvalue weighted by molar-refractivity contribution is -0.131. The van der Waals surface area contributed by atoms with Crippen molar-refractivity contribution in [1.82, 2.24) is 0 Å². The van der Waals surface area contributed by atoms with Crippen LogP contribution >= 0.6 is 0 Å². The highest BCUT2D eigenvalue weighted by atomic mass is 16.1. The third-order valence-corrected chi connectivity index (χ3v) is 3.54. The molecule has 16 heavy (non-hydrogen) atoms. The maximum atomic E-state index is 11.9. The summed E-state index contributed by atoms with van der Waals surface area (Å²) in [7, 11) is 0. The lowest BCUT2D eigenvalue weighted by Crippen LogP contribution is -2.61. The number of hydrogen-bond donors (Lipinski definition) is 2. The summed E-state index contributed by atoms with van der Waals surface area (Å²) >= 11 is 0. The van der Waals surface area contributed by atoms with E-state index in [2.05, 4.69) is 13.5 Å². The van der Waals surface area contributed by atoms with Crippen molar-refractivity contribution in [1.29, 1.82) is 0 Å². The molecule has 0 saturated heterocycles. The van der Waals surface area contributed by atoms with Gasteiger partial charge in [-0.2, -0.15) is 0 Å². The topological polar surface area (TPSA) is 69.1 Å². The van der Waals surface area contributed by atoms with E-state index in [4.69, 9.17) is 11.5 Å². The molecule has 0 bridgehead atoms. The van der Waals surface area contributed by atoms with Gasteiger partial charge in [0.1, 0.15) is 0 Å².